The van der Waals surface area contributed by atoms with Crippen LogP contribution in [-0.2, 0) is 19.1 Å². The normalized spacial score (nSPS) is 31.8. The van der Waals surface area contributed by atoms with Crippen LogP contribution in [0.4, 0.5) is 4.79 Å². The average molecular weight is 671 g/mol. The first kappa shape index (κ1) is 34.7. The second-order valence-corrected chi connectivity index (χ2v) is 15.2. The van der Waals surface area contributed by atoms with Crippen molar-refractivity contribution < 1.29 is 29.0 Å². The fourth-order valence-electron chi connectivity index (χ4n) is 8.00. The lowest BCUT2D eigenvalue weighted by atomic mass is 9.84. The van der Waals surface area contributed by atoms with Crippen molar-refractivity contribution in [2.45, 2.75) is 107 Å². The zero-order valence-electron chi connectivity index (χ0n) is 28.8. The largest absolute Gasteiger partial charge is 0.479 e. The third-order valence-electron chi connectivity index (χ3n) is 10.6. The number of rotatable bonds is 5. The quantitative estimate of drug-likeness (QED) is 0.373. The predicted octanol–water partition coefficient (Wildman–Crippen LogP) is 5.21. The SMILES string of the molecule is CC(C)(C)OC(=O)NC1CCCCC/C=C/C2CC2(C(=O)O)NC(=O)C2C[C@@H](N3C[C@H](c4ccccc4)[C@H](c4ccccc4)C3)CN2C1=O. The van der Waals surface area contributed by atoms with Crippen molar-refractivity contribution in [3.63, 3.8) is 0 Å². The van der Waals surface area contributed by atoms with Gasteiger partial charge in [0.05, 0.1) is 0 Å². The number of aliphatic carboxylic acids is 1. The van der Waals surface area contributed by atoms with E-state index in [0.717, 1.165) is 32.4 Å². The first-order valence-corrected chi connectivity index (χ1v) is 17.8. The van der Waals surface area contributed by atoms with E-state index in [1.165, 1.54) is 11.1 Å². The molecule has 7 atom stereocenters. The van der Waals surface area contributed by atoms with E-state index in [2.05, 4.69) is 64.1 Å². The molecule has 3 N–H and O–H groups in total. The third kappa shape index (κ3) is 7.85. The lowest BCUT2D eigenvalue weighted by Gasteiger charge is -2.30. The number of carboxylic acid groups (broad SMARTS) is 1. The highest BCUT2D eigenvalue weighted by Crippen LogP contribution is 2.46. The van der Waals surface area contributed by atoms with Crippen LogP contribution in [0.1, 0.15) is 88.7 Å². The second kappa shape index (κ2) is 14.4. The zero-order valence-corrected chi connectivity index (χ0v) is 28.8. The van der Waals surface area contributed by atoms with Gasteiger partial charge in [-0.15, -0.1) is 0 Å². The van der Waals surface area contributed by atoms with Gasteiger partial charge in [0.15, 0.2) is 0 Å². The van der Waals surface area contributed by atoms with E-state index in [9.17, 15) is 24.3 Å². The van der Waals surface area contributed by atoms with Gasteiger partial charge in [0.1, 0.15) is 23.2 Å². The number of allylic oxidation sites excluding steroid dienone is 1. The van der Waals surface area contributed by atoms with Gasteiger partial charge in [-0.1, -0.05) is 85.7 Å². The first-order valence-electron chi connectivity index (χ1n) is 17.8. The summed E-state index contributed by atoms with van der Waals surface area (Å²) in [5, 5.41) is 15.9. The molecule has 0 bridgehead atoms. The van der Waals surface area contributed by atoms with Crippen LogP contribution in [0.15, 0.2) is 72.8 Å². The van der Waals surface area contributed by atoms with Crippen LogP contribution < -0.4 is 10.6 Å². The van der Waals surface area contributed by atoms with Crippen molar-refractivity contribution in [1.82, 2.24) is 20.4 Å². The maximum atomic E-state index is 14.5. The summed E-state index contributed by atoms with van der Waals surface area (Å²) in [5.74, 6) is -1.70. The Morgan fingerprint density at radius 3 is 2.14 bits per heavy atom. The number of nitrogens with zero attached hydrogens (tertiary/aromatic N) is 2. The number of hydrogen-bond donors (Lipinski definition) is 3. The van der Waals surface area contributed by atoms with Gasteiger partial charge < -0.3 is 25.4 Å². The summed E-state index contributed by atoms with van der Waals surface area (Å²) in [5.41, 5.74) is 0.378. The molecule has 2 aromatic carbocycles. The van der Waals surface area contributed by atoms with Crippen LogP contribution >= 0.6 is 0 Å². The summed E-state index contributed by atoms with van der Waals surface area (Å²) < 4.78 is 5.53. The van der Waals surface area contributed by atoms with E-state index in [4.69, 9.17) is 4.74 Å². The molecule has 10 heteroatoms. The van der Waals surface area contributed by atoms with E-state index in [1.807, 2.05) is 24.3 Å². The smallest absolute Gasteiger partial charge is 0.408 e. The van der Waals surface area contributed by atoms with Crippen molar-refractivity contribution in [3.8, 4) is 0 Å². The topological polar surface area (TPSA) is 128 Å². The minimum absolute atomic E-state index is 0.128. The molecule has 0 spiro atoms. The Balaban J connectivity index is 1.30. The van der Waals surface area contributed by atoms with E-state index >= 15 is 0 Å². The summed E-state index contributed by atoms with van der Waals surface area (Å²) in [6, 6.07) is 19.1. The number of amides is 3. The van der Waals surface area contributed by atoms with E-state index in [0.29, 0.717) is 32.2 Å². The molecule has 6 rings (SSSR count). The highest BCUT2D eigenvalue weighted by molar-refractivity contribution is 5.96. The van der Waals surface area contributed by atoms with Gasteiger partial charge >= 0.3 is 12.1 Å². The van der Waals surface area contributed by atoms with Gasteiger partial charge in [0.2, 0.25) is 11.8 Å². The molecule has 3 aliphatic heterocycles. The number of carbonyl (C=O) groups excluding carboxylic acids is 3. The van der Waals surface area contributed by atoms with Crippen LogP contribution in [0, 0.1) is 5.92 Å². The minimum atomic E-state index is -1.38. The second-order valence-electron chi connectivity index (χ2n) is 15.2. The minimum Gasteiger partial charge on any atom is -0.479 e. The van der Waals surface area contributed by atoms with Gasteiger partial charge in [-0.05, 0) is 64.0 Å². The van der Waals surface area contributed by atoms with Crippen LogP contribution in [0.5, 0.6) is 0 Å². The molecule has 4 aliphatic rings. The van der Waals surface area contributed by atoms with E-state index < -0.39 is 41.2 Å². The number of hydrogen-bond acceptors (Lipinski definition) is 6. The monoisotopic (exact) mass is 670 g/mol. The summed E-state index contributed by atoms with van der Waals surface area (Å²) in [4.78, 5) is 58.1. The predicted molar refractivity (Wildman–Crippen MR) is 186 cm³/mol. The molecule has 10 nitrogen and oxygen atoms in total. The number of ether oxygens (including phenoxy) is 1. The number of nitrogens with one attached hydrogen (secondary N) is 2. The molecule has 2 saturated heterocycles. The highest BCUT2D eigenvalue weighted by atomic mass is 16.6. The molecule has 3 amide bonds. The number of likely N-dealkylation sites (tertiary alicyclic amines) is 1. The van der Waals surface area contributed by atoms with Crippen LogP contribution in [0.25, 0.3) is 0 Å². The number of carboxylic acids is 1. The van der Waals surface area contributed by atoms with Gasteiger partial charge in [-0.25, -0.2) is 9.59 Å². The van der Waals surface area contributed by atoms with Crippen LogP contribution in [0.2, 0.25) is 0 Å². The van der Waals surface area contributed by atoms with Gasteiger partial charge in [-0.2, -0.15) is 0 Å². The fourth-order valence-corrected chi connectivity index (χ4v) is 8.00. The number of benzene rings is 2. The molecule has 0 radical (unpaired) electrons. The molecule has 3 fully saturated rings. The number of fused-ring (bicyclic) bond motifs is 2. The van der Waals surface area contributed by atoms with E-state index in [1.54, 1.807) is 25.7 Å². The Bertz CT molecular complexity index is 1490. The maximum absolute atomic E-state index is 14.5. The lowest BCUT2D eigenvalue weighted by molar-refractivity contribution is -0.145. The molecule has 49 heavy (non-hydrogen) atoms. The van der Waals surface area contributed by atoms with Crippen LogP contribution in [0.3, 0.4) is 0 Å². The molecule has 3 heterocycles. The van der Waals surface area contributed by atoms with Crippen LogP contribution in [-0.4, -0.2) is 87.7 Å². The molecule has 2 aromatic rings. The first-order chi connectivity index (χ1) is 23.4. The highest BCUT2D eigenvalue weighted by Gasteiger charge is 2.61. The molecule has 1 aliphatic carbocycles. The maximum Gasteiger partial charge on any atom is 0.408 e. The standard InChI is InChI=1S/C39H50N4O6/c1-38(2,3)49-37(48)40-32-20-14-6-4-5-13-19-28-22-39(28,36(46)47)41-34(44)33-21-29(23-43(33)35(32)45)42-24-30(26-15-9-7-10-16-26)31(25-42)27-17-11-8-12-18-27/h7-13,15-19,28-33H,4-6,14,20-25H2,1-3H3,(H,40,48)(H,41,44)(H,46,47)/b19-13+/t28?,29-,30-,31+,32?,33?,39?/m1/s1. The van der Waals surface area contributed by atoms with Gasteiger partial charge in [0, 0.05) is 43.4 Å². The molecule has 1 saturated carbocycles. The molecule has 0 aromatic heterocycles. The Morgan fingerprint density at radius 2 is 1.55 bits per heavy atom. The van der Waals surface area contributed by atoms with Gasteiger partial charge in [-0.3, -0.25) is 14.5 Å². The average Bonchev–Trinajstić information content (AvgIpc) is 3.38. The summed E-state index contributed by atoms with van der Waals surface area (Å²) in [7, 11) is 0. The number of carbonyl (C=O) groups is 4. The summed E-state index contributed by atoms with van der Waals surface area (Å²) in [6.45, 7) is 7.14. The van der Waals surface area contributed by atoms with Crippen molar-refractivity contribution in [2.75, 3.05) is 19.6 Å². The zero-order chi connectivity index (χ0) is 34.8. The molecular weight excluding hydrogens is 620 g/mol. The van der Waals surface area contributed by atoms with Crippen molar-refractivity contribution in [3.05, 3.63) is 83.9 Å². The summed E-state index contributed by atoms with van der Waals surface area (Å²) in [6.07, 6.45) is 7.55. The Labute approximate surface area is 289 Å². The Morgan fingerprint density at radius 1 is 0.918 bits per heavy atom. The van der Waals surface area contributed by atoms with E-state index in [-0.39, 0.29) is 29.7 Å². The number of alkyl carbamates (subject to hydrolysis) is 1. The third-order valence-corrected chi connectivity index (χ3v) is 10.6. The molecule has 4 unspecified atom stereocenters. The Hall–Kier alpha value is -4.18. The van der Waals surface area contributed by atoms with Crippen molar-refractivity contribution >= 4 is 23.9 Å². The van der Waals surface area contributed by atoms with Gasteiger partial charge in [0.25, 0.3) is 0 Å². The molecule has 262 valence electrons. The van der Waals surface area contributed by atoms with Crippen molar-refractivity contribution in [1.29, 1.82) is 0 Å². The fraction of sp³-hybridized carbons (Fsp3) is 0.538. The Kier molecular flexibility index (Phi) is 10.2. The molecular formula is C39H50N4O6. The van der Waals surface area contributed by atoms with Crippen molar-refractivity contribution in [2.24, 2.45) is 5.92 Å². The lowest BCUT2D eigenvalue weighted by Crippen LogP contribution is -2.56. The summed E-state index contributed by atoms with van der Waals surface area (Å²) >= 11 is 0.